The Kier molecular flexibility index (Phi) is 3.91. The van der Waals surface area contributed by atoms with Gasteiger partial charge in [0.05, 0.1) is 22.3 Å². The quantitative estimate of drug-likeness (QED) is 0.934. The van der Waals surface area contributed by atoms with E-state index in [0.717, 1.165) is 22.8 Å². The summed E-state index contributed by atoms with van der Waals surface area (Å²) in [5.41, 5.74) is 6.60. The van der Waals surface area contributed by atoms with Crippen molar-refractivity contribution in [3.8, 4) is 0 Å². The lowest BCUT2D eigenvalue weighted by molar-refractivity contribution is -0.137. The van der Waals surface area contributed by atoms with Crippen LogP contribution in [0.2, 0.25) is 0 Å². The Morgan fingerprint density at radius 2 is 2.11 bits per heavy atom. The SMILES string of the molecule is Cc1nc(C(N)Cc2cccc(C(F)(F)F)c2)cs1. The van der Waals surface area contributed by atoms with Crippen molar-refractivity contribution in [2.24, 2.45) is 5.73 Å². The summed E-state index contributed by atoms with van der Waals surface area (Å²) in [6.45, 7) is 1.87. The van der Waals surface area contributed by atoms with Gasteiger partial charge in [0.1, 0.15) is 0 Å². The molecule has 0 amide bonds. The molecule has 2 N–H and O–H groups in total. The number of hydrogen-bond donors (Lipinski definition) is 1. The zero-order chi connectivity index (χ0) is 14.0. The lowest BCUT2D eigenvalue weighted by Gasteiger charge is -2.11. The normalized spacial score (nSPS) is 13.5. The highest BCUT2D eigenvalue weighted by Crippen LogP contribution is 2.30. The minimum Gasteiger partial charge on any atom is -0.322 e. The van der Waals surface area contributed by atoms with E-state index in [1.54, 1.807) is 6.07 Å². The predicted octanol–water partition coefficient (Wildman–Crippen LogP) is 3.71. The minimum absolute atomic E-state index is 0.340. The summed E-state index contributed by atoms with van der Waals surface area (Å²) in [7, 11) is 0. The van der Waals surface area contributed by atoms with Gasteiger partial charge in [0.25, 0.3) is 0 Å². The van der Waals surface area contributed by atoms with Gasteiger partial charge in [-0.2, -0.15) is 13.2 Å². The molecule has 0 aliphatic rings. The van der Waals surface area contributed by atoms with Gasteiger partial charge in [0.15, 0.2) is 0 Å². The van der Waals surface area contributed by atoms with E-state index in [0.29, 0.717) is 12.0 Å². The topological polar surface area (TPSA) is 38.9 Å². The summed E-state index contributed by atoms with van der Waals surface area (Å²) in [5.74, 6) is 0. The molecule has 2 aromatic rings. The van der Waals surface area contributed by atoms with Gasteiger partial charge in [-0.05, 0) is 25.0 Å². The molecule has 0 saturated heterocycles. The summed E-state index contributed by atoms with van der Waals surface area (Å²) in [6.07, 6.45) is -3.98. The number of nitrogens with zero attached hydrogens (tertiary/aromatic N) is 1. The first-order chi connectivity index (χ1) is 8.86. The first-order valence-electron chi connectivity index (χ1n) is 5.70. The molecule has 19 heavy (non-hydrogen) atoms. The number of alkyl halides is 3. The number of benzene rings is 1. The molecule has 0 radical (unpaired) electrons. The number of aromatic nitrogens is 1. The Labute approximate surface area is 113 Å². The minimum atomic E-state index is -4.32. The van der Waals surface area contributed by atoms with E-state index < -0.39 is 11.7 Å². The van der Waals surface area contributed by atoms with Gasteiger partial charge in [-0.3, -0.25) is 0 Å². The molecule has 0 aliphatic heterocycles. The van der Waals surface area contributed by atoms with Crippen molar-refractivity contribution in [1.82, 2.24) is 4.98 Å². The van der Waals surface area contributed by atoms with Gasteiger partial charge < -0.3 is 5.73 Å². The monoisotopic (exact) mass is 286 g/mol. The van der Waals surface area contributed by atoms with Crippen LogP contribution in [0.15, 0.2) is 29.6 Å². The van der Waals surface area contributed by atoms with Gasteiger partial charge in [0.2, 0.25) is 0 Å². The maximum absolute atomic E-state index is 12.6. The van der Waals surface area contributed by atoms with Crippen LogP contribution in [-0.4, -0.2) is 4.98 Å². The Hall–Kier alpha value is -1.40. The number of halogens is 3. The summed E-state index contributed by atoms with van der Waals surface area (Å²) >= 11 is 1.48. The fourth-order valence-corrected chi connectivity index (χ4v) is 2.46. The second kappa shape index (κ2) is 5.30. The van der Waals surface area contributed by atoms with Gasteiger partial charge >= 0.3 is 6.18 Å². The van der Waals surface area contributed by atoms with E-state index in [-0.39, 0.29) is 6.04 Å². The van der Waals surface area contributed by atoms with E-state index in [4.69, 9.17) is 5.73 Å². The third-order valence-electron chi connectivity index (χ3n) is 2.73. The number of hydrogen-bond acceptors (Lipinski definition) is 3. The van der Waals surface area contributed by atoms with Crippen LogP contribution in [0, 0.1) is 6.92 Å². The maximum Gasteiger partial charge on any atom is 0.416 e. The first-order valence-corrected chi connectivity index (χ1v) is 6.58. The lowest BCUT2D eigenvalue weighted by atomic mass is 10.0. The summed E-state index contributed by atoms with van der Waals surface area (Å²) in [4.78, 5) is 4.25. The van der Waals surface area contributed by atoms with E-state index in [1.807, 2.05) is 12.3 Å². The van der Waals surface area contributed by atoms with Crippen molar-refractivity contribution < 1.29 is 13.2 Å². The lowest BCUT2D eigenvalue weighted by Crippen LogP contribution is -2.14. The third kappa shape index (κ3) is 3.54. The highest BCUT2D eigenvalue weighted by molar-refractivity contribution is 7.09. The first kappa shape index (κ1) is 14.0. The molecule has 102 valence electrons. The van der Waals surface area contributed by atoms with E-state index >= 15 is 0 Å². The van der Waals surface area contributed by atoms with Crippen LogP contribution in [0.4, 0.5) is 13.2 Å². The standard InChI is InChI=1S/C13H13F3N2S/c1-8-18-12(7-19-8)11(17)6-9-3-2-4-10(5-9)13(14,15)16/h2-5,7,11H,6,17H2,1H3. The molecule has 1 atom stereocenters. The summed E-state index contributed by atoms with van der Waals surface area (Å²) in [5, 5.41) is 2.74. The highest BCUT2D eigenvalue weighted by Gasteiger charge is 2.30. The Bertz CT molecular complexity index is 563. The molecule has 0 aliphatic carbocycles. The molecule has 0 spiro atoms. The molecule has 2 rings (SSSR count). The van der Waals surface area contributed by atoms with Crippen LogP contribution < -0.4 is 5.73 Å². The zero-order valence-corrected chi connectivity index (χ0v) is 11.1. The average molecular weight is 286 g/mol. The molecule has 0 saturated carbocycles. The van der Waals surface area contributed by atoms with Crippen molar-refractivity contribution >= 4 is 11.3 Å². The Balaban J connectivity index is 2.15. The zero-order valence-electron chi connectivity index (χ0n) is 10.2. The van der Waals surface area contributed by atoms with Crippen LogP contribution in [0.3, 0.4) is 0 Å². The van der Waals surface area contributed by atoms with Gasteiger partial charge in [0, 0.05) is 5.38 Å². The fourth-order valence-electron chi connectivity index (χ4n) is 1.78. The van der Waals surface area contributed by atoms with Gasteiger partial charge in [-0.25, -0.2) is 4.98 Å². The van der Waals surface area contributed by atoms with Crippen molar-refractivity contribution in [2.45, 2.75) is 25.6 Å². The molecular weight excluding hydrogens is 273 g/mol. The Morgan fingerprint density at radius 1 is 1.37 bits per heavy atom. The van der Waals surface area contributed by atoms with Crippen LogP contribution in [0.25, 0.3) is 0 Å². The molecule has 2 nitrogen and oxygen atoms in total. The van der Waals surface area contributed by atoms with Crippen molar-refractivity contribution in [3.05, 3.63) is 51.5 Å². The smallest absolute Gasteiger partial charge is 0.322 e. The van der Waals surface area contributed by atoms with Crippen LogP contribution in [-0.2, 0) is 12.6 Å². The van der Waals surface area contributed by atoms with E-state index in [9.17, 15) is 13.2 Å². The predicted molar refractivity (Wildman–Crippen MR) is 68.9 cm³/mol. The van der Waals surface area contributed by atoms with Crippen molar-refractivity contribution in [3.63, 3.8) is 0 Å². The van der Waals surface area contributed by atoms with E-state index in [2.05, 4.69) is 4.98 Å². The van der Waals surface area contributed by atoms with Gasteiger partial charge in [-0.15, -0.1) is 11.3 Å². The largest absolute Gasteiger partial charge is 0.416 e. The third-order valence-corrected chi connectivity index (χ3v) is 3.52. The molecule has 6 heteroatoms. The number of rotatable bonds is 3. The van der Waals surface area contributed by atoms with Crippen LogP contribution in [0.1, 0.15) is 27.9 Å². The number of thiazole rings is 1. The summed E-state index contributed by atoms with van der Waals surface area (Å²) in [6, 6.07) is 4.86. The number of nitrogens with two attached hydrogens (primary N) is 1. The van der Waals surface area contributed by atoms with Gasteiger partial charge in [-0.1, -0.05) is 18.2 Å². The molecule has 0 fully saturated rings. The van der Waals surface area contributed by atoms with Crippen molar-refractivity contribution in [1.29, 1.82) is 0 Å². The highest BCUT2D eigenvalue weighted by atomic mass is 32.1. The molecular formula is C13H13F3N2S. The second-order valence-electron chi connectivity index (χ2n) is 4.30. The number of aryl methyl sites for hydroxylation is 1. The Morgan fingerprint density at radius 3 is 2.68 bits per heavy atom. The van der Waals surface area contributed by atoms with E-state index in [1.165, 1.54) is 17.4 Å². The second-order valence-corrected chi connectivity index (χ2v) is 5.36. The van der Waals surface area contributed by atoms with Crippen molar-refractivity contribution in [2.75, 3.05) is 0 Å². The molecule has 0 bridgehead atoms. The molecule has 1 heterocycles. The fraction of sp³-hybridized carbons (Fsp3) is 0.308. The molecule has 1 unspecified atom stereocenters. The molecule has 1 aromatic heterocycles. The molecule has 1 aromatic carbocycles. The average Bonchev–Trinajstić information content (AvgIpc) is 2.75. The maximum atomic E-state index is 12.6. The summed E-state index contributed by atoms with van der Waals surface area (Å²) < 4.78 is 37.8. The van der Waals surface area contributed by atoms with Crippen LogP contribution in [0.5, 0.6) is 0 Å². The van der Waals surface area contributed by atoms with Crippen LogP contribution >= 0.6 is 11.3 Å².